The summed E-state index contributed by atoms with van der Waals surface area (Å²) in [6.45, 7) is 8.67. The van der Waals surface area contributed by atoms with Crippen LogP contribution in [0.2, 0.25) is 10.8 Å². The molecule has 0 aromatic heterocycles. The molecule has 5 heteroatoms. The highest BCUT2D eigenvalue weighted by Crippen LogP contribution is 2.46. The Labute approximate surface area is 175 Å². The molecule has 0 amide bonds. The summed E-state index contributed by atoms with van der Waals surface area (Å²) in [5.74, 6) is 2.39. The zero-order chi connectivity index (χ0) is 19.5. The average molecular weight is 409 g/mol. The van der Waals surface area contributed by atoms with Gasteiger partial charge in [-0.25, -0.2) is 0 Å². The summed E-state index contributed by atoms with van der Waals surface area (Å²) in [6.07, 6.45) is 9.15. The van der Waals surface area contributed by atoms with Gasteiger partial charge >= 0.3 is 7.12 Å². The summed E-state index contributed by atoms with van der Waals surface area (Å²) < 4.78 is 12.9. The Hall–Kier alpha value is -0.155. The number of rotatable bonds is 7. The van der Waals surface area contributed by atoms with E-state index in [1.165, 1.54) is 49.8 Å². The number of hydrogen-bond donors (Lipinski definition) is 0. The van der Waals surface area contributed by atoms with Gasteiger partial charge in [0.15, 0.2) is 0 Å². The quantitative estimate of drug-likeness (QED) is 0.269. The molecule has 1 saturated carbocycles. The highest BCUT2D eigenvalue weighted by Gasteiger charge is 2.54. The fourth-order valence-electron chi connectivity index (χ4n) is 4.26. The van der Waals surface area contributed by atoms with Gasteiger partial charge in [-0.05, 0) is 75.9 Å². The molecule has 0 spiro atoms. The maximum atomic E-state index is 6.46. The van der Waals surface area contributed by atoms with Gasteiger partial charge in [0.2, 0.25) is 0 Å². The van der Waals surface area contributed by atoms with E-state index < -0.39 is 0 Å². The van der Waals surface area contributed by atoms with Gasteiger partial charge in [-0.2, -0.15) is 0 Å². The van der Waals surface area contributed by atoms with Gasteiger partial charge in [-0.15, -0.1) is 11.8 Å². The first-order chi connectivity index (χ1) is 12.8. The first-order valence-electron chi connectivity index (χ1n) is 10.5. The third-order valence-corrected chi connectivity index (χ3v) is 7.99. The molecule has 1 aromatic carbocycles. The van der Waals surface area contributed by atoms with E-state index in [-0.39, 0.29) is 18.3 Å². The normalized spacial score (nSPS) is 23.5. The molecule has 3 rings (SSSR count). The maximum absolute atomic E-state index is 6.46. The molecule has 1 saturated heterocycles. The lowest BCUT2D eigenvalue weighted by atomic mass is 9.59. The van der Waals surface area contributed by atoms with Crippen molar-refractivity contribution in [2.24, 2.45) is 5.92 Å². The van der Waals surface area contributed by atoms with Crippen LogP contribution < -0.4 is 0 Å². The Morgan fingerprint density at radius 1 is 1.04 bits per heavy atom. The second-order valence-corrected chi connectivity index (χ2v) is 10.7. The summed E-state index contributed by atoms with van der Waals surface area (Å²) in [4.78, 5) is 1.30. The van der Waals surface area contributed by atoms with E-state index in [1.54, 1.807) is 0 Å². The second-order valence-electron chi connectivity index (χ2n) is 9.13. The monoisotopic (exact) mass is 408 g/mol. The van der Waals surface area contributed by atoms with Crippen LogP contribution in [0.3, 0.4) is 0 Å². The minimum absolute atomic E-state index is 0.0568. The van der Waals surface area contributed by atoms with Crippen LogP contribution in [0.25, 0.3) is 0 Å². The van der Waals surface area contributed by atoms with Crippen LogP contribution in [0.4, 0.5) is 0 Å². The van der Waals surface area contributed by atoms with Crippen LogP contribution in [-0.4, -0.2) is 24.1 Å². The van der Waals surface area contributed by atoms with E-state index in [4.69, 9.17) is 20.9 Å². The molecule has 1 aliphatic carbocycles. The zero-order valence-electron chi connectivity index (χ0n) is 17.3. The van der Waals surface area contributed by atoms with Gasteiger partial charge in [0, 0.05) is 9.92 Å². The first kappa shape index (κ1) is 21.6. The molecule has 150 valence electrons. The Kier molecular flexibility index (Phi) is 7.27. The van der Waals surface area contributed by atoms with Crippen molar-refractivity contribution < 1.29 is 9.31 Å². The smallest absolute Gasteiger partial charge is 0.403 e. The molecule has 0 radical (unpaired) electrons. The van der Waals surface area contributed by atoms with E-state index in [9.17, 15) is 0 Å². The van der Waals surface area contributed by atoms with Crippen LogP contribution in [-0.2, 0) is 9.31 Å². The minimum atomic E-state index is -0.233. The standard InChI is InChI=1S/C22H34BClO2S/c1-21(2)22(3,4)26-23(25-21)20(17-9-6-5-7-10-17)11-8-16-27-19-14-12-18(24)13-15-19/h12-15,17,20H,5-11,16H2,1-4H3. The van der Waals surface area contributed by atoms with Crippen LogP contribution >= 0.6 is 23.4 Å². The topological polar surface area (TPSA) is 18.5 Å². The van der Waals surface area contributed by atoms with Crippen molar-refractivity contribution >= 4 is 30.5 Å². The van der Waals surface area contributed by atoms with Gasteiger partial charge in [0.1, 0.15) is 0 Å². The molecule has 1 atom stereocenters. The van der Waals surface area contributed by atoms with Gasteiger partial charge in [-0.3, -0.25) is 0 Å². The summed E-state index contributed by atoms with van der Waals surface area (Å²) in [6, 6.07) is 8.16. The van der Waals surface area contributed by atoms with Gasteiger partial charge in [0.05, 0.1) is 11.2 Å². The van der Waals surface area contributed by atoms with Crippen molar-refractivity contribution in [1.82, 2.24) is 0 Å². The Morgan fingerprint density at radius 3 is 2.22 bits per heavy atom. The molecule has 1 aromatic rings. The molecule has 1 unspecified atom stereocenters. The highest BCUT2D eigenvalue weighted by atomic mass is 35.5. The third kappa shape index (κ3) is 5.47. The molecule has 2 aliphatic rings. The Balaban J connectivity index is 1.58. The molecule has 27 heavy (non-hydrogen) atoms. The maximum Gasteiger partial charge on any atom is 0.461 e. The van der Waals surface area contributed by atoms with Crippen molar-refractivity contribution in [3.8, 4) is 0 Å². The van der Waals surface area contributed by atoms with Crippen molar-refractivity contribution in [3.05, 3.63) is 29.3 Å². The van der Waals surface area contributed by atoms with Gasteiger partial charge in [-0.1, -0.05) is 50.1 Å². The Morgan fingerprint density at radius 2 is 1.63 bits per heavy atom. The second kappa shape index (κ2) is 9.11. The number of halogens is 1. The first-order valence-corrected chi connectivity index (χ1v) is 11.9. The fourth-order valence-corrected chi connectivity index (χ4v) is 5.26. The van der Waals surface area contributed by atoms with Gasteiger partial charge in [0.25, 0.3) is 0 Å². The molecule has 2 nitrogen and oxygen atoms in total. The van der Waals surface area contributed by atoms with Crippen molar-refractivity contribution in [1.29, 1.82) is 0 Å². The van der Waals surface area contributed by atoms with Gasteiger partial charge < -0.3 is 9.31 Å². The van der Waals surface area contributed by atoms with E-state index in [2.05, 4.69) is 39.8 Å². The van der Waals surface area contributed by atoms with Crippen LogP contribution in [0.1, 0.15) is 72.6 Å². The average Bonchev–Trinajstić information content (AvgIpc) is 2.84. The van der Waals surface area contributed by atoms with Crippen molar-refractivity contribution in [2.75, 3.05) is 5.75 Å². The predicted octanol–water partition coefficient (Wildman–Crippen LogP) is 7.26. The molecule has 0 bridgehead atoms. The molecule has 2 fully saturated rings. The summed E-state index contributed by atoms with van der Waals surface area (Å²) >= 11 is 7.90. The fraction of sp³-hybridized carbons (Fsp3) is 0.727. The lowest BCUT2D eigenvalue weighted by molar-refractivity contribution is 0.00578. The van der Waals surface area contributed by atoms with Crippen molar-refractivity contribution in [2.45, 2.75) is 94.6 Å². The van der Waals surface area contributed by atoms with Crippen molar-refractivity contribution in [3.63, 3.8) is 0 Å². The summed E-state index contributed by atoms with van der Waals surface area (Å²) in [5, 5.41) is 0.803. The molecular formula is C22H34BClO2S. The lowest BCUT2D eigenvalue weighted by Crippen LogP contribution is -2.41. The van der Waals surface area contributed by atoms with E-state index in [0.717, 1.165) is 16.7 Å². The Bertz CT molecular complexity index is 583. The van der Waals surface area contributed by atoms with E-state index in [0.29, 0.717) is 5.82 Å². The predicted molar refractivity (Wildman–Crippen MR) is 118 cm³/mol. The van der Waals surface area contributed by atoms with Crippen LogP contribution in [0.5, 0.6) is 0 Å². The minimum Gasteiger partial charge on any atom is -0.403 e. The third-order valence-electron chi connectivity index (χ3n) is 6.64. The van der Waals surface area contributed by atoms with Crippen LogP contribution in [0, 0.1) is 5.92 Å². The van der Waals surface area contributed by atoms with E-state index in [1.807, 2.05) is 23.9 Å². The van der Waals surface area contributed by atoms with E-state index >= 15 is 0 Å². The molecular weight excluding hydrogens is 375 g/mol. The molecule has 0 N–H and O–H groups in total. The number of benzene rings is 1. The zero-order valence-corrected chi connectivity index (χ0v) is 18.9. The molecule has 1 heterocycles. The summed E-state index contributed by atoms with van der Waals surface area (Å²) in [5.41, 5.74) is -0.467. The molecule has 1 aliphatic heterocycles. The highest BCUT2D eigenvalue weighted by molar-refractivity contribution is 7.99. The largest absolute Gasteiger partial charge is 0.461 e. The number of hydrogen-bond acceptors (Lipinski definition) is 3. The summed E-state index contributed by atoms with van der Waals surface area (Å²) in [7, 11) is -0.0568. The SMILES string of the molecule is CC1(C)OB(C(CCCSc2ccc(Cl)cc2)C2CCCCC2)OC1(C)C. The lowest BCUT2D eigenvalue weighted by Gasteiger charge is -2.32. The number of thioether (sulfide) groups is 1. The van der Waals surface area contributed by atoms with Crippen LogP contribution in [0.15, 0.2) is 29.2 Å².